The summed E-state index contributed by atoms with van der Waals surface area (Å²) >= 11 is 0. The predicted octanol–water partition coefficient (Wildman–Crippen LogP) is 3.19. The van der Waals surface area contributed by atoms with Crippen molar-refractivity contribution < 1.29 is 22.7 Å². The Morgan fingerprint density at radius 2 is 1.69 bits per heavy atom. The number of nitrogens with zero attached hydrogens (tertiary/aromatic N) is 1. The van der Waals surface area contributed by atoms with Gasteiger partial charge in [0.25, 0.3) is 15.9 Å². The molecule has 8 heteroatoms. The number of carbonyl (C=O) groups is 1. The third kappa shape index (κ3) is 4.17. The van der Waals surface area contributed by atoms with Crippen molar-refractivity contribution in [3.63, 3.8) is 0 Å². The van der Waals surface area contributed by atoms with E-state index in [1.54, 1.807) is 29.2 Å². The van der Waals surface area contributed by atoms with E-state index in [4.69, 9.17) is 9.47 Å². The number of hydrogen-bond donors (Lipinski definition) is 1. The van der Waals surface area contributed by atoms with E-state index in [1.165, 1.54) is 12.1 Å². The third-order valence-corrected chi connectivity index (χ3v) is 6.57. The van der Waals surface area contributed by atoms with E-state index in [9.17, 15) is 13.2 Å². The van der Waals surface area contributed by atoms with Gasteiger partial charge in [0.05, 0.1) is 10.6 Å². The Balaban J connectivity index is 1.59. The molecule has 1 fully saturated rings. The summed E-state index contributed by atoms with van der Waals surface area (Å²) in [4.78, 5) is 14.8. The molecule has 1 saturated heterocycles. The highest BCUT2D eigenvalue weighted by Crippen LogP contribution is 2.33. The van der Waals surface area contributed by atoms with Gasteiger partial charge in [-0.25, -0.2) is 8.42 Å². The lowest BCUT2D eigenvalue weighted by molar-refractivity contribution is 0.0723. The molecule has 0 saturated carbocycles. The van der Waals surface area contributed by atoms with Gasteiger partial charge in [0.2, 0.25) is 0 Å². The SMILES string of the molecule is Cc1ccc(S(=O)(=O)Nc2ccc3c(c2)OCCO3)cc1C(=O)N1CCCCC1. The minimum absolute atomic E-state index is 0.0540. The average Bonchev–Trinajstić information content (AvgIpc) is 2.73. The summed E-state index contributed by atoms with van der Waals surface area (Å²) in [7, 11) is -3.86. The van der Waals surface area contributed by atoms with E-state index in [-0.39, 0.29) is 10.8 Å². The van der Waals surface area contributed by atoms with Crippen molar-refractivity contribution >= 4 is 21.6 Å². The van der Waals surface area contributed by atoms with Gasteiger partial charge in [-0.15, -0.1) is 0 Å². The second-order valence-corrected chi connectivity index (χ2v) is 8.98. The Morgan fingerprint density at radius 1 is 0.966 bits per heavy atom. The van der Waals surface area contributed by atoms with Crippen LogP contribution in [-0.4, -0.2) is 45.5 Å². The van der Waals surface area contributed by atoms with Crippen LogP contribution >= 0.6 is 0 Å². The van der Waals surface area contributed by atoms with Gasteiger partial charge in [0, 0.05) is 24.7 Å². The van der Waals surface area contributed by atoms with Gasteiger partial charge in [-0.3, -0.25) is 9.52 Å². The summed E-state index contributed by atoms with van der Waals surface area (Å²) in [5.41, 5.74) is 1.56. The van der Waals surface area contributed by atoms with Crippen molar-refractivity contribution in [3.05, 3.63) is 47.5 Å². The molecule has 154 valence electrons. The van der Waals surface area contributed by atoms with Crippen molar-refractivity contribution in [2.45, 2.75) is 31.1 Å². The number of likely N-dealkylation sites (tertiary alicyclic amines) is 1. The molecule has 7 nitrogen and oxygen atoms in total. The molecule has 0 aliphatic carbocycles. The fraction of sp³-hybridized carbons (Fsp3) is 0.381. The van der Waals surface area contributed by atoms with E-state index in [0.29, 0.717) is 49.1 Å². The standard InChI is InChI=1S/C21H24N2O5S/c1-15-5-7-17(14-18(15)21(24)23-9-3-2-4-10-23)29(25,26)22-16-6-8-19-20(13-16)28-12-11-27-19/h5-8,13-14,22H,2-4,9-12H2,1H3. The summed E-state index contributed by atoms with van der Waals surface area (Å²) in [6, 6.07) is 9.55. The van der Waals surface area contributed by atoms with Gasteiger partial charge < -0.3 is 14.4 Å². The number of aryl methyl sites for hydroxylation is 1. The zero-order valence-electron chi connectivity index (χ0n) is 16.3. The van der Waals surface area contributed by atoms with Crippen molar-refractivity contribution in [1.29, 1.82) is 0 Å². The van der Waals surface area contributed by atoms with Crippen LogP contribution in [0.3, 0.4) is 0 Å². The number of amides is 1. The predicted molar refractivity (Wildman–Crippen MR) is 109 cm³/mol. The maximum atomic E-state index is 12.9. The van der Waals surface area contributed by atoms with E-state index in [1.807, 2.05) is 6.92 Å². The number of piperidine rings is 1. The normalized spacial score (nSPS) is 16.4. The van der Waals surface area contributed by atoms with Gasteiger partial charge in [-0.05, 0) is 56.0 Å². The number of benzene rings is 2. The summed E-state index contributed by atoms with van der Waals surface area (Å²) in [5.74, 6) is 0.976. The Morgan fingerprint density at radius 3 is 2.45 bits per heavy atom. The number of sulfonamides is 1. The third-order valence-electron chi connectivity index (χ3n) is 5.19. The Labute approximate surface area is 170 Å². The second-order valence-electron chi connectivity index (χ2n) is 7.29. The summed E-state index contributed by atoms with van der Waals surface area (Å²) in [5, 5.41) is 0. The van der Waals surface area contributed by atoms with Crippen LogP contribution in [0.1, 0.15) is 35.2 Å². The molecule has 2 aromatic rings. The molecule has 29 heavy (non-hydrogen) atoms. The number of hydrogen-bond acceptors (Lipinski definition) is 5. The van der Waals surface area contributed by atoms with E-state index in [2.05, 4.69) is 4.72 Å². The molecule has 1 N–H and O–H groups in total. The molecule has 0 bridgehead atoms. The number of carbonyl (C=O) groups excluding carboxylic acids is 1. The molecule has 2 aliphatic heterocycles. The number of anilines is 1. The van der Waals surface area contributed by atoms with Gasteiger partial charge in [0.1, 0.15) is 13.2 Å². The van der Waals surface area contributed by atoms with Gasteiger partial charge in [-0.1, -0.05) is 6.07 Å². The highest BCUT2D eigenvalue weighted by atomic mass is 32.2. The van der Waals surface area contributed by atoms with Crippen molar-refractivity contribution in [2.75, 3.05) is 31.0 Å². The van der Waals surface area contributed by atoms with Crippen LogP contribution in [0.15, 0.2) is 41.3 Å². The lowest BCUT2D eigenvalue weighted by Crippen LogP contribution is -2.36. The van der Waals surface area contributed by atoms with Crippen LogP contribution in [0.4, 0.5) is 5.69 Å². The molecule has 0 radical (unpaired) electrons. The molecule has 0 atom stereocenters. The van der Waals surface area contributed by atoms with E-state index in [0.717, 1.165) is 24.8 Å². The largest absolute Gasteiger partial charge is 0.486 e. The van der Waals surface area contributed by atoms with Crippen LogP contribution in [0.25, 0.3) is 0 Å². The van der Waals surface area contributed by atoms with Gasteiger partial charge in [0.15, 0.2) is 11.5 Å². The molecule has 0 unspecified atom stereocenters. The molecule has 2 heterocycles. The maximum absolute atomic E-state index is 12.9. The molecular weight excluding hydrogens is 392 g/mol. The van der Waals surface area contributed by atoms with Crippen LogP contribution in [0.5, 0.6) is 11.5 Å². The number of ether oxygens (including phenoxy) is 2. The molecule has 2 aromatic carbocycles. The highest BCUT2D eigenvalue weighted by Gasteiger charge is 2.23. The van der Waals surface area contributed by atoms with Gasteiger partial charge in [-0.2, -0.15) is 0 Å². The Kier molecular flexibility index (Phi) is 5.36. The minimum Gasteiger partial charge on any atom is -0.486 e. The molecular formula is C21H24N2O5S. The molecule has 1 amide bonds. The van der Waals surface area contributed by atoms with Crippen molar-refractivity contribution in [2.24, 2.45) is 0 Å². The fourth-order valence-corrected chi connectivity index (χ4v) is 4.66. The van der Waals surface area contributed by atoms with Crippen LogP contribution in [0.2, 0.25) is 0 Å². The van der Waals surface area contributed by atoms with Crippen LogP contribution in [0, 0.1) is 6.92 Å². The smallest absolute Gasteiger partial charge is 0.261 e. The van der Waals surface area contributed by atoms with Crippen molar-refractivity contribution in [3.8, 4) is 11.5 Å². The Bertz CT molecular complexity index is 1030. The zero-order valence-corrected chi connectivity index (χ0v) is 17.1. The first-order chi connectivity index (χ1) is 13.9. The topological polar surface area (TPSA) is 84.9 Å². The highest BCUT2D eigenvalue weighted by molar-refractivity contribution is 7.92. The summed E-state index contributed by atoms with van der Waals surface area (Å²) in [6.45, 7) is 4.13. The molecule has 0 spiro atoms. The van der Waals surface area contributed by atoms with Crippen LogP contribution < -0.4 is 14.2 Å². The van der Waals surface area contributed by atoms with E-state index >= 15 is 0 Å². The summed E-state index contributed by atoms with van der Waals surface area (Å²) < 4.78 is 39.4. The average molecular weight is 416 g/mol. The molecule has 2 aliphatic rings. The lowest BCUT2D eigenvalue weighted by atomic mass is 10.1. The number of nitrogens with one attached hydrogen (secondary N) is 1. The Hall–Kier alpha value is -2.74. The number of fused-ring (bicyclic) bond motifs is 1. The molecule has 0 aromatic heterocycles. The van der Waals surface area contributed by atoms with Crippen LogP contribution in [-0.2, 0) is 10.0 Å². The van der Waals surface area contributed by atoms with E-state index < -0.39 is 10.0 Å². The zero-order chi connectivity index (χ0) is 20.4. The second kappa shape index (κ2) is 7.94. The fourth-order valence-electron chi connectivity index (χ4n) is 3.59. The maximum Gasteiger partial charge on any atom is 0.261 e. The van der Waals surface area contributed by atoms with Crippen molar-refractivity contribution in [1.82, 2.24) is 4.90 Å². The summed E-state index contributed by atoms with van der Waals surface area (Å²) in [6.07, 6.45) is 3.08. The first kappa shape index (κ1) is 19.6. The monoisotopic (exact) mass is 416 g/mol. The number of rotatable bonds is 4. The first-order valence-corrected chi connectivity index (χ1v) is 11.2. The van der Waals surface area contributed by atoms with Gasteiger partial charge >= 0.3 is 0 Å². The quantitative estimate of drug-likeness (QED) is 0.827. The first-order valence-electron chi connectivity index (χ1n) is 9.76. The molecule has 4 rings (SSSR count). The minimum atomic E-state index is -3.86. The lowest BCUT2D eigenvalue weighted by Gasteiger charge is -2.27.